The predicted molar refractivity (Wildman–Crippen MR) is 122 cm³/mol. The molecule has 0 aromatic heterocycles. The zero-order valence-electron chi connectivity index (χ0n) is 18.6. The van der Waals surface area contributed by atoms with Crippen molar-refractivity contribution in [1.82, 2.24) is 0 Å². The molecule has 0 N–H and O–H groups in total. The number of allylic oxidation sites excluding steroid dienone is 1. The number of ether oxygens (including phenoxy) is 5. The Morgan fingerprint density at radius 1 is 0.879 bits per heavy atom. The van der Waals surface area contributed by atoms with Gasteiger partial charge < -0.3 is 23.7 Å². The SMILES string of the molecule is COc1cccc(/C=C2\Oc3c(ccc(OC(=O)c4c(OC)cccc4OC)c3C)C2=O)c1. The highest BCUT2D eigenvalue weighted by atomic mass is 16.5. The first kappa shape index (κ1) is 22.0. The molecule has 0 aliphatic carbocycles. The van der Waals surface area contributed by atoms with Crippen LogP contribution in [0.3, 0.4) is 0 Å². The van der Waals surface area contributed by atoms with Gasteiger partial charge in [0.1, 0.15) is 34.3 Å². The molecular weight excluding hydrogens is 424 g/mol. The molecule has 0 bridgehead atoms. The van der Waals surface area contributed by atoms with Crippen LogP contribution in [0.4, 0.5) is 0 Å². The molecule has 0 radical (unpaired) electrons. The number of carbonyl (C=O) groups excluding carboxylic acids is 2. The molecule has 1 aliphatic heterocycles. The zero-order chi connectivity index (χ0) is 23.5. The summed E-state index contributed by atoms with van der Waals surface area (Å²) in [6, 6.07) is 15.4. The number of rotatable bonds is 6. The molecule has 7 heteroatoms. The van der Waals surface area contributed by atoms with E-state index in [4.69, 9.17) is 23.7 Å². The lowest BCUT2D eigenvalue weighted by Crippen LogP contribution is -2.12. The highest BCUT2D eigenvalue weighted by molar-refractivity contribution is 6.15. The van der Waals surface area contributed by atoms with Crippen molar-refractivity contribution in [2.24, 2.45) is 0 Å². The molecule has 0 atom stereocenters. The highest BCUT2D eigenvalue weighted by Crippen LogP contribution is 2.40. The molecule has 0 fully saturated rings. The lowest BCUT2D eigenvalue weighted by Gasteiger charge is -2.14. The van der Waals surface area contributed by atoms with Crippen molar-refractivity contribution < 1.29 is 33.3 Å². The van der Waals surface area contributed by atoms with Gasteiger partial charge in [0.25, 0.3) is 0 Å². The van der Waals surface area contributed by atoms with Gasteiger partial charge in [0.15, 0.2) is 5.76 Å². The molecule has 0 amide bonds. The van der Waals surface area contributed by atoms with E-state index in [0.717, 1.165) is 5.56 Å². The first-order chi connectivity index (χ1) is 16.0. The van der Waals surface area contributed by atoms with Gasteiger partial charge in [0, 0.05) is 5.56 Å². The summed E-state index contributed by atoms with van der Waals surface area (Å²) in [6.07, 6.45) is 1.65. The van der Waals surface area contributed by atoms with Crippen LogP contribution in [-0.2, 0) is 0 Å². The average molecular weight is 446 g/mol. The number of ketones is 1. The Labute approximate surface area is 191 Å². The van der Waals surface area contributed by atoms with Crippen molar-refractivity contribution in [2.45, 2.75) is 6.92 Å². The maximum absolute atomic E-state index is 12.9. The van der Waals surface area contributed by atoms with Gasteiger partial charge in [-0.05, 0) is 55.0 Å². The van der Waals surface area contributed by atoms with Gasteiger partial charge in [-0.2, -0.15) is 0 Å². The van der Waals surface area contributed by atoms with Gasteiger partial charge in [-0.1, -0.05) is 18.2 Å². The van der Waals surface area contributed by atoms with Crippen LogP contribution < -0.4 is 23.7 Å². The van der Waals surface area contributed by atoms with Crippen molar-refractivity contribution in [3.63, 3.8) is 0 Å². The molecule has 3 aromatic carbocycles. The number of hydrogen-bond acceptors (Lipinski definition) is 7. The Bertz CT molecular complexity index is 1250. The maximum atomic E-state index is 12.9. The fraction of sp³-hybridized carbons (Fsp3) is 0.154. The first-order valence-corrected chi connectivity index (χ1v) is 10.1. The maximum Gasteiger partial charge on any atom is 0.351 e. The van der Waals surface area contributed by atoms with Crippen LogP contribution in [-0.4, -0.2) is 33.1 Å². The van der Waals surface area contributed by atoms with E-state index >= 15 is 0 Å². The summed E-state index contributed by atoms with van der Waals surface area (Å²) in [5.74, 6) is 1.22. The van der Waals surface area contributed by atoms with Crippen LogP contribution in [0.2, 0.25) is 0 Å². The third-order valence-electron chi connectivity index (χ3n) is 5.26. The minimum Gasteiger partial charge on any atom is -0.497 e. The van der Waals surface area contributed by atoms with Crippen molar-refractivity contribution in [3.8, 4) is 28.7 Å². The molecule has 0 spiro atoms. The Balaban J connectivity index is 1.64. The van der Waals surface area contributed by atoms with Crippen LogP contribution in [0.5, 0.6) is 28.7 Å². The molecular formula is C26H22O7. The third-order valence-corrected chi connectivity index (χ3v) is 5.26. The Hall–Kier alpha value is -4.26. The summed E-state index contributed by atoms with van der Waals surface area (Å²) in [4.78, 5) is 25.8. The van der Waals surface area contributed by atoms with Crippen molar-refractivity contribution in [3.05, 3.63) is 82.6 Å². The molecule has 168 valence electrons. The lowest BCUT2D eigenvalue weighted by molar-refractivity contribution is 0.0726. The summed E-state index contributed by atoms with van der Waals surface area (Å²) in [5, 5.41) is 0. The van der Waals surface area contributed by atoms with Gasteiger partial charge in [-0.3, -0.25) is 4.79 Å². The fourth-order valence-corrected chi connectivity index (χ4v) is 3.56. The Morgan fingerprint density at radius 2 is 1.58 bits per heavy atom. The summed E-state index contributed by atoms with van der Waals surface area (Å²) in [6.45, 7) is 1.72. The van der Waals surface area contributed by atoms with Crippen LogP contribution in [0.25, 0.3) is 6.08 Å². The van der Waals surface area contributed by atoms with E-state index < -0.39 is 5.97 Å². The second-order valence-electron chi connectivity index (χ2n) is 7.21. The van der Waals surface area contributed by atoms with Gasteiger partial charge in [-0.25, -0.2) is 4.79 Å². The Kier molecular flexibility index (Phi) is 6.04. The van der Waals surface area contributed by atoms with Crippen molar-refractivity contribution in [2.75, 3.05) is 21.3 Å². The summed E-state index contributed by atoms with van der Waals surface area (Å²) in [5.41, 5.74) is 1.85. The molecule has 0 unspecified atom stereocenters. The number of esters is 1. The van der Waals surface area contributed by atoms with E-state index in [2.05, 4.69) is 0 Å². The van der Waals surface area contributed by atoms with Crippen LogP contribution in [0.15, 0.2) is 60.4 Å². The minimum absolute atomic E-state index is 0.165. The predicted octanol–water partition coefficient (Wildman–Crippen LogP) is 4.86. The van der Waals surface area contributed by atoms with E-state index in [1.165, 1.54) is 14.2 Å². The topological polar surface area (TPSA) is 80.3 Å². The third kappa shape index (κ3) is 4.13. The lowest BCUT2D eigenvalue weighted by atomic mass is 10.1. The molecule has 0 saturated carbocycles. The van der Waals surface area contributed by atoms with E-state index in [0.29, 0.717) is 34.1 Å². The number of hydrogen-bond donors (Lipinski definition) is 0. The van der Waals surface area contributed by atoms with Gasteiger partial charge in [-0.15, -0.1) is 0 Å². The average Bonchev–Trinajstić information content (AvgIpc) is 3.16. The number of Topliss-reactive ketones (excluding diaryl/α,β-unsaturated/α-hetero) is 1. The largest absolute Gasteiger partial charge is 0.497 e. The van der Waals surface area contributed by atoms with Gasteiger partial charge >= 0.3 is 5.97 Å². The number of benzene rings is 3. The fourth-order valence-electron chi connectivity index (χ4n) is 3.56. The van der Waals surface area contributed by atoms with E-state index in [-0.39, 0.29) is 22.9 Å². The normalized spacial score (nSPS) is 13.3. The summed E-state index contributed by atoms with van der Waals surface area (Å²) < 4.78 is 27.3. The molecule has 1 heterocycles. The monoisotopic (exact) mass is 446 g/mol. The minimum atomic E-state index is -0.649. The summed E-state index contributed by atoms with van der Waals surface area (Å²) >= 11 is 0. The van der Waals surface area contributed by atoms with Crippen LogP contribution in [0, 0.1) is 6.92 Å². The number of carbonyl (C=O) groups is 2. The van der Waals surface area contributed by atoms with E-state index in [1.807, 2.05) is 18.2 Å². The number of methoxy groups -OCH3 is 3. The standard InChI is InChI=1S/C26H22O7/c1-15-19(33-26(28)23-20(30-3)9-6-10-21(23)31-4)12-11-18-24(27)22(32-25(15)18)14-16-7-5-8-17(13-16)29-2/h5-14H,1-4H3/b22-14-. The highest BCUT2D eigenvalue weighted by Gasteiger charge is 2.31. The molecule has 0 saturated heterocycles. The molecule has 1 aliphatic rings. The van der Waals surface area contributed by atoms with E-state index in [1.54, 1.807) is 56.5 Å². The smallest absolute Gasteiger partial charge is 0.351 e. The number of fused-ring (bicyclic) bond motifs is 1. The molecule has 4 rings (SSSR count). The van der Waals surface area contributed by atoms with Crippen LogP contribution in [0.1, 0.15) is 31.8 Å². The second kappa shape index (κ2) is 9.08. The van der Waals surface area contributed by atoms with Crippen molar-refractivity contribution in [1.29, 1.82) is 0 Å². The van der Waals surface area contributed by atoms with Crippen LogP contribution >= 0.6 is 0 Å². The van der Waals surface area contributed by atoms with E-state index in [9.17, 15) is 9.59 Å². The summed E-state index contributed by atoms with van der Waals surface area (Å²) in [7, 11) is 4.50. The van der Waals surface area contributed by atoms with Gasteiger partial charge in [0.2, 0.25) is 5.78 Å². The molecule has 3 aromatic rings. The van der Waals surface area contributed by atoms with Gasteiger partial charge in [0.05, 0.1) is 26.9 Å². The quantitative estimate of drug-likeness (QED) is 0.304. The first-order valence-electron chi connectivity index (χ1n) is 10.1. The molecule has 7 nitrogen and oxygen atoms in total. The van der Waals surface area contributed by atoms with Crippen molar-refractivity contribution >= 4 is 17.8 Å². The zero-order valence-corrected chi connectivity index (χ0v) is 18.6. The Morgan fingerprint density at radius 3 is 2.24 bits per heavy atom. The molecule has 33 heavy (non-hydrogen) atoms. The second-order valence-corrected chi connectivity index (χ2v) is 7.21.